The normalized spacial score (nSPS) is 14.3. The molecule has 1 rings (SSSR count). The maximum absolute atomic E-state index is 12.7. The molecule has 0 amide bonds. The van der Waals surface area contributed by atoms with Crippen LogP contribution in [0.4, 0.5) is 19.0 Å². The van der Waals surface area contributed by atoms with Crippen LogP contribution in [0.5, 0.6) is 0 Å². The van der Waals surface area contributed by atoms with E-state index in [9.17, 15) is 13.2 Å². The summed E-state index contributed by atoms with van der Waals surface area (Å²) in [6, 6.07) is 0. The highest BCUT2D eigenvalue weighted by atomic mass is 19.4. The van der Waals surface area contributed by atoms with Crippen LogP contribution in [0.2, 0.25) is 0 Å². The van der Waals surface area contributed by atoms with Crippen molar-refractivity contribution >= 4 is 5.82 Å². The minimum absolute atomic E-state index is 0.0556. The lowest BCUT2D eigenvalue weighted by Crippen LogP contribution is -2.26. The summed E-state index contributed by atoms with van der Waals surface area (Å²) in [5, 5.41) is 0. The molecule has 0 saturated heterocycles. The Bertz CT molecular complexity index is 336. The molecule has 6 heteroatoms. The largest absolute Gasteiger partial charge is 0.396 e. The Morgan fingerprint density at radius 3 is 2.33 bits per heavy atom. The molecule has 15 heavy (non-hydrogen) atoms. The quantitative estimate of drug-likeness (QED) is 0.830. The second kappa shape index (κ2) is 4.04. The van der Waals surface area contributed by atoms with E-state index in [0.717, 1.165) is 12.5 Å². The van der Waals surface area contributed by atoms with Gasteiger partial charge < -0.3 is 5.73 Å². The van der Waals surface area contributed by atoms with E-state index in [0.29, 0.717) is 0 Å². The van der Waals surface area contributed by atoms with E-state index in [1.165, 1.54) is 13.8 Å². The van der Waals surface area contributed by atoms with Gasteiger partial charge in [0.15, 0.2) is 0 Å². The number of nitrogens with zero attached hydrogens (tertiary/aromatic N) is 2. The highest BCUT2D eigenvalue weighted by Crippen LogP contribution is 2.41. The van der Waals surface area contributed by atoms with Gasteiger partial charge in [0.05, 0.1) is 5.92 Å². The molecule has 3 nitrogen and oxygen atoms in total. The van der Waals surface area contributed by atoms with Crippen LogP contribution in [0, 0.1) is 5.92 Å². The smallest absolute Gasteiger partial charge is 0.383 e. The molecule has 1 aromatic rings. The van der Waals surface area contributed by atoms with Crippen molar-refractivity contribution in [3.8, 4) is 0 Å². The molecular formula is C9H12F3N3. The number of hydrogen-bond donors (Lipinski definition) is 1. The Hall–Kier alpha value is -1.33. The van der Waals surface area contributed by atoms with Crippen LogP contribution in [0.25, 0.3) is 0 Å². The second-order valence-electron chi connectivity index (χ2n) is 3.63. The number of anilines is 1. The minimum atomic E-state index is -4.33. The summed E-state index contributed by atoms with van der Waals surface area (Å²) in [6.45, 7) is 2.98. The first-order chi connectivity index (χ1) is 6.84. The maximum atomic E-state index is 12.7. The number of alkyl halides is 3. The minimum Gasteiger partial charge on any atom is -0.383 e. The summed E-state index contributed by atoms with van der Waals surface area (Å²) in [6.07, 6.45) is -2.07. The van der Waals surface area contributed by atoms with E-state index < -0.39 is 18.0 Å². The van der Waals surface area contributed by atoms with Gasteiger partial charge in [0.2, 0.25) is 0 Å². The van der Waals surface area contributed by atoms with Gasteiger partial charge >= 0.3 is 6.18 Å². The molecule has 1 unspecified atom stereocenters. The van der Waals surface area contributed by atoms with E-state index in [4.69, 9.17) is 5.73 Å². The van der Waals surface area contributed by atoms with E-state index in [2.05, 4.69) is 9.97 Å². The van der Waals surface area contributed by atoms with Gasteiger partial charge in [0.25, 0.3) is 0 Å². The molecule has 0 fully saturated rings. The molecule has 0 spiro atoms. The molecule has 1 heterocycles. The average Bonchev–Trinajstić information content (AvgIpc) is 2.05. The molecule has 0 radical (unpaired) electrons. The van der Waals surface area contributed by atoms with Gasteiger partial charge in [-0.25, -0.2) is 9.97 Å². The van der Waals surface area contributed by atoms with Crippen molar-refractivity contribution in [1.82, 2.24) is 9.97 Å². The molecule has 0 aliphatic heterocycles. The van der Waals surface area contributed by atoms with Crippen molar-refractivity contribution < 1.29 is 13.2 Å². The van der Waals surface area contributed by atoms with Crippen molar-refractivity contribution in [3.05, 3.63) is 18.1 Å². The van der Waals surface area contributed by atoms with Gasteiger partial charge in [0.1, 0.15) is 12.1 Å². The highest BCUT2D eigenvalue weighted by molar-refractivity contribution is 5.40. The first kappa shape index (κ1) is 11.7. The van der Waals surface area contributed by atoms with Crippen molar-refractivity contribution in [3.63, 3.8) is 0 Å². The van der Waals surface area contributed by atoms with Crippen LogP contribution in [0.3, 0.4) is 0 Å². The number of rotatable bonds is 2. The van der Waals surface area contributed by atoms with Crippen molar-refractivity contribution in [2.45, 2.75) is 25.9 Å². The zero-order chi connectivity index (χ0) is 11.6. The Kier molecular flexibility index (Phi) is 3.16. The zero-order valence-electron chi connectivity index (χ0n) is 8.42. The summed E-state index contributed by atoms with van der Waals surface area (Å²) in [5.41, 5.74) is 5.35. The fourth-order valence-electron chi connectivity index (χ4n) is 1.50. The summed E-state index contributed by atoms with van der Waals surface area (Å²) in [4.78, 5) is 7.13. The predicted octanol–water partition coefficient (Wildman–Crippen LogP) is 2.36. The molecule has 1 aromatic heterocycles. The average molecular weight is 219 g/mol. The Morgan fingerprint density at radius 1 is 1.33 bits per heavy atom. The Morgan fingerprint density at radius 2 is 1.93 bits per heavy atom. The van der Waals surface area contributed by atoms with Crippen LogP contribution in [-0.4, -0.2) is 16.1 Å². The van der Waals surface area contributed by atoms with Crippen LogP contribution in [-0.2, 0) is 0 Å². The molecule has 0 aromatic carbocycles. The van der Waals surface area contributed by atoms with Crippen molar-refractivity contribution in [1.29, 1.82) is 0 Å². The third kappa shape index (κ3) is 2.57. The maximum Gasteiger partial charge on any atom is 0.396 e. The first-order valence-electron chi connectivity index (χ1n) is 4.46. The lowest BCUT2D eigenvalue weighted by atomic mass is 9.89. The molecule has 0 bridgehead atoms. The third-order valence-corrected chi connectivity index (χ3v) is 2.13. The number of halogens is 3. The third-order valence-electron chi connectivity index (χ3n) is 2.13. The van der Waals surface area contributed by atoms with Gasteiger partial charge in [-0.3, -0.25) is 0 Å². The topological polar surface area (TPSA) is 51.8 Å². The fraction of sp³-hybridized carbons (Fsp3) is 0.556. The second-order valence-corrected chi connectivity index (χ2v) is 3.63. The standard InChI is InChI=1S/C9H12F3N3/c1-5(2)7(9(10,11)12)6-3-14-4-15-8(6)13/h3-5,7H,1-2H3,(H2,13,14,15). The van der Waals surface area contributed by atoms with E-state index in [-0.39, 0.29) is 11.4 Å². The molecule has 1 atom stereocenters. The Balaban J connectivity index is 3.17. The van der Waals surface area contributed by atoms with E-state index >= 15 is 0 Å². The molecule has 0 aliphatic rings. The molecule has 0 saturated carbocycles. The number of aromatic nitrogens is 2. The molecule has 0 aliphatic carbocycles. The molecule has 84 valence electrons. The van der Waals surface area contributed by atoms with E-state index in [1.54, 1.807) is 0 Å². The number of nitrogen functional groups attached to an aromatic ring is 1. The first-order valence-corrected chi connectivity index (χ1v) is 4.46. The summed E-state index contributed by atoms with van der Waals surface area (Å²) in [7, 11) is 0. The summed E-state index contributed by atoms with van der Waals surface area (Å²) in [5.74, 6) is -2.32. The van der Waals surface area contributed by atoms with Gasteiger partial charge in [-0.2, -0.15) is 13.2 Å². The van der Waals surface area contributed by atoms with Crippen LogP contribution >= 0.6 is 0 Å². The fourth-order valence-corrected chi connectivity index (χ4v) is 1.50. The van der Waals surface area contributed by atoms with Gasteiger partial charge in [-0.05, 0) is 5.92 Å². The van der Waals surface area contributed by atoms with E-state index in [1.807, 2.05) is 0 Å². The highest BCUT2D eigenvalue weighted by Gasteiger charge is 2.43. The molecular weight excluding hydrogens is 207 g/mol. The SMILES string of the molecule is CC(C)C(c1cncnc1N)C(F)(F)F. The molecule has 2 N–H and O–H groups in total. The van der Waals surface area contributed by atoms with Crippen molar-refractivity contribution in [2.24, 2.45) is 5.92 Å². The monoisotopic (exact) mass is 219 g/mol. The van der Waals surface area contributed by atoms with Crippen LogP contribution < -0.4 is 5.73 Å². The summed E-state index contributed by atoms with van der Waals surface area (Å²) < 4.78 is 38.2. The lowest BCUT2D eigenvalue weighted by molar-refractivity contribution is -0.159. The van der Waals surface area contributed by atoms with Crippen LogP contribution in [0.1, 0.15) is 25.3 Å². The van der Waals surface area contributed by atoms with Crippen molar-refractivity contribution in [2.75, 3.05) is 5.73 Å². The predicted molar refractivity (Wildman–Crippen MR) is 50.1 cm³/mol. The zero-order valence-corrected chi connectivity index (χ0v) is 8.42. The van der Waals surface area contributed by atoms with Gasteiger partial charge in [-0.15, -0.1) is 0 Å². The van der Waals surface area contributed by atoms with Gasteiger partial charge in [-0.1, -0.05) is 13.8 Å². The Labute approximate surface area is 85.5 Å². The lowest BCUT2D eigenvalue weighted by Gasteiger charge is -2.24. The van der Waals surface area contributed by atoms with Gasteiger partial charge in [0, 0.05) is 11.8 Å². The van der Waals surface area contributed by atoms with Crippen LogP contribution in [0.15, 0.2) is 12.5 Å². The number of nitrogens with two attached hydrogens (primary N) is 1. The summed E-state index contributed by atoms with van der Waals surface area (Å²) >= 11 is 0. The number of hydrogen-bond acceptors (Lipinski definition) is 3.